The second-order valence-corrected chi connectivity index (χ2v) is 9.56. The van der Waals surface area contributed by atoms with Gasteiger partial charge in [-0.15, -0.1) is 0 Å². The molecule has 0 fully saturated rings. The minimum atomic E-state index is -0.506. The average molecular weight is 597 g/mol. The molecule has 0 saturated carbocycles. The molecule has 0 aliphatic rings. The number of carbonyl (C=O) groups is 1. The molecule has 4 aromatic carbocycles. The predicted octanol–water partition coefficient (Wildman–Crippen LogP) is 8.14. The number of benzene rings is 4. The lowest BCUT2D eigenvalue weighted by atomic mass is 10.1. The van der Waals surface area contributed by atoms with Crippen LogP contribution in [0.1, 0.15) is 11.1 Å². The van der Waals surface area contributed by atoms with Crippen molar-refractivity contribution in [2.45, 2.75) is 6.61 Å². The van der Waals surface area contributed by atoms with Gasteiger partial charge in [-0.2, -0.15) is 5.26 Å². The van der Waals surface area contributed by atoms with Crippen molar-refractivity contribution in [3.05, 3.63) is 110 Å². The van der Waals surface area contributed by atoms with E-state index in [-0.39, 0.29) is 5.57 Å². The van der Waals surface area contributed by atoms with Gasteiger partial charge in [0.15, 0.2) is 0 Å². The van der Waals surface area contributed by atoms with Gasteiger partial charge >= 0.3 is 0 Å². The number of anilines is 1. The van der Waals surface area contributed by atoms with Crippen molar-refractivity contribution in [1.29, 1.82) is 5.26 Å². The Bertz CT molecular complexity index is 1420. The van der Waals surface area contributed by atoms with Crippen LogP contribution in [0.15, 0.2) is 93.4 Å². The van der Waals surface area contributed by atoms with Crippen LogP contribution in [0.4, 0.5) is 5.69 Å². The fraction of sp³-hybridized carbons (Fsp3) is 0.0370. The van der Waals surface area contributed by atoms with Crippen molar-refractivity contribution in [3.63, 3.8) is 0 Å². The third kappa shape index (κ3) is 5.87. The zero-order chi connectivity index (χ0) is 24.1. The van der Waals surface area contributed by atoms with Crippen LogP contribution in [-0.4, -0.2) is 5.91 Å². The van der Waals surface area contributed by atoms with E-state index >= 15 is 0 Å². The van der Waals surface area contributed by atoms with E-state index in [2.05, 4.69) is 61.4 Å². The summed E-state index contributed by atoms with van der Waals surface area (Å²) in [5.74, 6) is 0.128. The van der Waals surface area contributed by atoms with E-state index < -0.39 is 5.91 Å². The van der Waals surface area contributed by atoms with Gasteiger partial charge in [-0.25, -0.2) is 0 Å². The molecule has 0 aliphatic heterocycles. The quantitative estimate of drug-likeness (QED) is 0.181. The predicted molar refractivity (Wildman–Crippen MR) is 144 cm³/mol. The van der Waals surface area contributed by atoms with E-state index in [1.54, 1.807) is 36.4 Å². The van der Waals surface area contributed by atoms with Gasteiger partial charge in [-0.1, -0.05) is 48.0 Å². The molecule has 4 nitrogen and oxygen atoms in total. The van der Waals surface area contributed by atoms with Crippen LogP contribution in [0, 0.1) is 11.3 Å². The summed E-state index contributed by atoms with van der Waals surface area (Å²) in [5.41, 5.74) is 2.24. The number of nitrogens with one attached hydrogen (secondary N) is 1. The summed E-state index contributed by atoms with van der Waals surface area (Å²) in [6.45, 7) is 0.393. The topological polar surface area (TPSA) is 62.1 Å². The fourth-order valence-electron chi connectivity index (χ4n) is 3.33. The number of nitriles is 1. The summed E-state index contributed by atoms with van der Waals surface area (Å²) < 4.78 is 7.45. The van der Waals surface area contributed by atoms with E-state index in [1.807, 2.05) is 24.3 Å². The Morgan fingerprint density at radius 3 is 2.32 bits per heavy atom. The second-order valence-electron chi connectivity index (χ2n) is 7.41. The standard InChI is InChI=1S/C27H17Br2ClN2O2/c28-24-13-18(12-21(15-31)27(33)32-23-9-7-22(30)8-10-23)14-25(29)26(24)34-16-17-5-6-19-3-1-2-4-20(19)11-17/h1-14H,16H2,(H,32,33)/b21-12-. The molecule has 0 unspecified atom stereocenters. The third-order valence-corrected chi connectivity index (χ3v) is 6.43. The Labute approximate surface area is 219 Å². The molecular formula is C27H17Br2ClN2O2. The molecule has 0 aliphatic carbocycles. The molecule has 1 amide bonds. The number of fused-ring (bicyclic) bond motifs is 1. The van der Waals surface area contributed by atoms with Gasteiger partial charge in [0.2, 0.25) is 0 Å². The molecule has 4 rings (SSSR count). The Kier molecular flexibility index (Phi) is 7.69. The zero-order valence-electron chi connectivity index (χ0n) is 17.7. The summed E-state index contributed by atoms with van der Waals surface area (Å²) in [5, 5.41) is 15.1. The molecule has 7 heteroatoms. The normalized spacial score (nSPS) is 11.2. The smallest absolute Gasteiger partial charge is 0.266 e. The monoisotopic (exact) mass is 594 g/mol. The zero-order valence-corrected chi connectivity index (χ0v) is 21.6. The van der Waals surface area contributed by atoms with Gasteiger partial charge in [0.1, 0.15) is 24.0 Å². The molecule has 34 heavy (non-hydrogen) atoms. The molecule has 168 valence electrons. The largest absolute Gasteiger partial charge is 0.487 e. The molecule has 0 saturated heterocycles. The number of ether oxygens (including phenoxy) is 1. The Hall–Kier alpha value is -3.11. The number of amides is 1. The van der Waals surface area contributed by atoms with Crippen molar-refractivity contribution in [2.75, 3.05) is 5.32 Å². The van der Waals surface area contributed by atoms with Crippen molar-refractivity contribution < 1.29 is 9.53 Å². The van der Waals surface area contributed by atoms with Crippen LogP contribution in [-0.2, 0) is 11.4 Å². The van der Waals surface area contributed by atoms with Crippen LogP contribution >= 0.6 is 43.5 Å². The molecule has 1 N–H and O–H groups in total. The van der Waals surface area contributed by atoms with E-state index in [1.165, 1.54) is 11.5 Å². The van der Waals surface area contributed by atoms with Crippen LogP contribution in [0.5, 0.6) is 5.75 Å². The Morgan fingerprint density at radius 2 is 1.65 bits per heavy atom. The number of hydrogen-bond donors (Lipinski definition) is 1. The van der Waals surface area contributed by atoms with Gasteiger partial charge in [-0.05, 0) is 102 Å². The summed E-state index contributed by atoms with van der Waals surface area (Å²) >= 11 is 13.0. The van der Waals surface area contributed by atoms with Gasteiger partial charge < -0.3 is 10.1 Å². The first-order chi connectivity index (χ1) is 16.4. The second kappa shape index (κ2) is 10.9. The number of hydrogen-bond acceptors (Lipinski definition) is 3. The van der Waals surface area contributed by atoms with E-state index in [4.69, 9.17) is 16.3 Å². The van der Waals surface area contributed by atoms with Gasteiger partial charge in [0, 0.05) is 10.7 Å². The minimum Gasteiger partial charge on any atom is -0.487 e. The Balaban J connectivity index is 1.50. The third-order valence-electron chi connectivity index (χ3n) is 5.00. The summed E-state index contributed by atoms with van der Waals surface area (Å²) in [7, 11) is 0. The van der Waals surface area contributed by atoms with Crippen molar-refractivity contribution in [1.82, 2.24) is 0 Å². The number of halogens is 3. The first-order valence-corrected chi connectivity index (χ1v) is 12.2. The molecule has 0 heterocycles. The number of rotatable bonds is 6. The van der Waals surface area contributed by atoms with E-state index in [9.17, 15) is 10.1 Å². The summed E-state index contributed by atoms with van der Waals surface area (Å²) in [4.78, 5) is 12.5. The number of nitrogens with zero attached hydrogens (tertiary/aromatic N) is 1. The molecule has 0 radical (unpaired) electrons. The summed E-state index contributed by atoms with van der Waals surface area (Å²) in [6, 6.07) is 26.6. The van der Waals surface area contributed by atoms with Crippen molar-refractivity contribution in [3.8, 4) is 11.8 Å². The Morgan fingerprint density at radius 1 is 0.971 bits per heavy atom. The molecule has 0 atom stereocenters. The highest BCUT2D eigenvalue weighted by molar-refractivity contribution is 9.11. The first kappa shape index (κ1) is 24.0. The first-order valence-electron chi connectivity index (χ1n) is 10.2. The fourth-order valence-corrected chi connectivity index (χ4v) is 4.91. The lowest BCUT2D eigenvalue weighted by molar-refractivity contribution is -0.112. The van der Waals surface area contributed by atoms with E-state index in [0.29, 0.717) is 37.6 Å². The van der Waals surface area contributed by atoms with Crippen LogP contribution in [0.25, 0.3) is 16.8 Å². The maximum atomic E-state index is 12.5. The average Bonchev–Trinajstić information content (AvgIpc) is 2.83. The minimum absolute atomic E-state index is 0.0291. The molecule has 0 aromatic heterocycles. The molecule has 0 bridgehead atoms. The van der Waals surface area contributed by atoms with Gasteiger partial charge in [0.25, 0.3) is 5.91 Å². The molecular weight excluding hydrogens is 580 g/mol. The maximum absolute atomic E-state index is 12.5. The van der Waals surface area contributed by atoms with E-state index in [0.717, 1.165) is 10.9 Å². The van der Waals surface area contributed by atoms with Crippen molar-refractivity contribution in [2.24, 2.45) is 0 Å². The maximum Gasteiger partial charge on any atom is 0.266 e. The lowest BCUT2D eigenvalue weighted by Crippen LogP contribution is -2.13. The lowest BCUT2D eigenvalue weighted by Gasteiger charge is -2.12. The highest BCUT2D eigenvalue weighted by Crippen LogP contribution is 2.36. The molecule has 0 spiro atoms. The number of carbonyl (C=O) groups excluding carboxylic acids is 1. The SMILES string of the molecule is N#C/C(=C/c1cc(Br)c(OCc2ccc3ccccc3c2)c(Br)c1)C(=O)Nc1ccc(Cl)cc1. The van der Waals surface area contributed by atoms with Gasteiger partial charge in [-0.3, -0.25) is 4.79 Å². The van der Waals surface area contributed by atoms with Crippen LogP contribution < -0.4 is 10.1 Å². The highest BCUT2D eigenvalue weighted by Gasteiger charge is 2.13. The van der Waals surface area contributed by atoms with Gasteiger partial charge in [0.05, 0.1) is 8.95 Å². The highest BCUT2D eigenvalue weighted by atomic mass is 79.9. The van der Waals surface area contributed by atoms with Crippen LogP contribution in [0.3, 0.4) is 0 Å². The summed E-state index contributed by atoms with van der Waals surface area (Å²) in [6.07, 6.45) is 1.52. The molecule has 4 aromatic rings. The van der Waals surface area contributed by atoms with Crippen molar-refractivity contribution >= 4 is 71.9 Å². The van der Waals surface area contributed by atoms with Crippen LogP contribution in [0.2, 0.25) is 5.02 Å².